The van der Waals surface area contributed by atoms with E-state index in [9.17, 15) is 5.26 Å². The summed E-state index contributed by atoms with van der Waals surface area (Å²) in [5, 5.41) is 9.59. The van der Waals surface area contributed by atoms with Crippen molar-refractivity contribution in [2.45, 2.75) is 104 Å². The van der Waals surface area contributed by atoms with Crippen LogP contribution < -0.4 is 0 Å². The third-order valence-corrected chi connectivity index (χ3v) is 6.82. The minimum atomic E-state index is 0.0277. The summed E-state index contributed by atoms with van der Waals surface area (Å²) in [6, 6.07) is 2.68. The zero-order valence-electron chi connectivity index (χ0n) is 15.1. The molecule has 0 aromatic carbocycles. The Balaban J connectivity index is 1.73. The zero-order valence-corrected chi connectivity index (χ0v) is 15.1. The second-order valence-electron chi connectivity index (χ2n) is 8.23. The molecule has 0 heterocycles. The summed E-state index contributed by atoms with van der Waals surface area (Å²) in [6.07, 6.45) is 19.1. The van der Waals surface area contributed by atoms with E-state index in [-0.39, 0.29) is 5.41 Å². The maximum atomic E-state index is 9.59. The van der Waals surface area contributed by atoms with Crippen molar-refractivity contribution in [3.05, 3.63) is 0 Å². The van der Waals surface area contributed by atoms with Crippen LogP contribution in [0.15, 0.2) is 0 Å². The van der Waals surface area contributed by atoms with E-state index in [0.29, 0.717) is 0 Å². The Morgan fingerprint density at radius 2 is 1.73 bits per heavy atom. The first-order valence-electron chi connectivity index (χ1n) is 10.1. The molecular formula is C21H37N. The average Bonchev–Trinajstić information content (AvgIpc) is 2.59. The Hall–Kier alpha value is -0.510. The molecule has 0 radical (unpaired) electrons. The van der Waals surface area contributed by atoms with Gasteiger partial charge in [0.25, 0.3) is 0 Å². The Kier molecular flexibility index (Phi) is 7.26. The quantitative estimate of drug-likeness (QED) is 0.470. The van der Waals surface area contributed by atoms with Gasteiger partial charge in [-0.15, -0.1) is 0 Å². The van der Waals surface area contributed by atoms with Gasteiger partial charge in [-0.05, 0) is 49.9 Å². The third-order valence-electron chi connectivity index (χ3n) is 6.82. The molecule has 22 heavy (non-hydrogen) atoms. The third kappa shape index (κ3) is 4.74. The summed E-state index contributed by atoms with van der Waals surface area (Å²) in [5.41, 5.74) is 0.0277. The van der Waals surface area contributed by atoms with Gasteiger partial charge in [0.2, 0.25) is 0 Å². The van der Waals surface area contributed by atoms with Crippen LogP contribution >= 0.6 is 0 Å². The highest BCUT2D eigenvalue weighted by Crippen LogP contribution is 2.48. The van der Waals surface area contributed by atoms with Crippen molar-refractivity contribution >= 4 is 0 Å². The maximum Gasteiger partial charge on any atom is 0.0689 e. The van der Waals surface area contributed by atoms with Crippen LogP contribution in [0.25, 0.3) is 0 Å². The zero-order chi connectivity index (χ0) is 15.8. The molecule has 0 saturated heterocycles. The SMILES string of the molecule is CCCCCC[C@H]1CC[C@H](C2CCCC(C#N)(CC)C2)CC1. The van der Waals surface area contributed by atoms with Gasteiger partial charge < -0.3 is 0 Å². The monoisotopic (exact) mass is 303 g/mol. The van der Waals surface area contributed by atoms with Crippen molar-refractivity contribution in [3.8, 4) is 6.07 Å². The van der Waals surface area contributed by atoms with Crippen LogP contribution in [-0.2, 0) is 0 Å². The molecule has 2 atom stereocenters. The van der Waals surface area contributed by atoms with Crippen molar-refractivity contribution in [2.24, 2.45) is 23.2 Å². The molecule has 0 aromatic rings. The summed E-state index contributed by atoms with van der Waals surface area (Å²) in [7, 11) is 0. The Labute approximate surface area is 138 Å². The fourth-order valence-corrected chi connectivity index (χ4v) is 5.12. The smallest absolute Gasteiger partial charge is 0.0689 e. The maximum absolute atomic E-state index is 9.59. The number of rotatable bonds is 7. The van der Waals surface area contributed by atoms with Gasteiger partial charge in [0.05, 0.1) is 11.5 Å². The van der Waals surface area contributed by atoms with Gasteiger partial charge in [-0.1, -0.05) is 71.6 Å². The molecule has 2 unspecified atom stereocenters. The van der Waals surface area contributed by atoms with Crippen LogP contribution in [0.2, 0.25) is 0 Å². The van der Waals surface area contributed by atoms with E-state index in [2.05, 4.69) is 19.9 Å². The molecule has 2 rings (SSSR count). The summed E-state index contributed by atoms with van der Waals surface area (Å²) in [5.74, 6) is 2.81. The molecule has 2 aliphatic rings. The Bertz CT molecular complexity index is 347. The van der Waals surface area contributed by atoms with Gasteiger partial charge >= 0.3 is 0 Å². The lowest BCUT2D eigenvalue weighted by Crippen LogP contribution is -2.32. The molecule has 0 aliphatic heterocycles. The minimum Gasteiger partial charge on any atom is -0.198 e. The Morgan fingerprint density at radius 3 is 2.36 bits per heavy atom. The molecule has 2 fully saturated rings. The Morgan fingerprint density at radius 1 is 0.955 bits per heavy atom. The molecule has 0 amide bonds. The molecular weight excluding hydrogens is 266 g/mol. The molecule has 0 aromatic heterocycles. The first-order chi connectivity index (χ1) is 10.7. The molecule has 1 heteroatoms. The average molecular weight is 304 g/mol. The predicted octanol–water partition coefficient (Wildman–Crippen LogP) is 6.87. The molecule has 2 saturated carbocycles. The van der Waals surface area contributed by atoms with E-state index in [1.165, 1.54) is 77.0 Å². The lowest BCUT2D eigenvalue weighted by Gasteiger charge is -2.41. The summed E-state index contributed by atoms with van der Waals surface area (Å²) >= 11 is 0. The van der Waals surface area contributed by atoms with E-state index in [0.717, 1.165) is 30.6 Å². The van der Waals surface area contributed by atoms with Gasteiger partial charge in [0, 0.05) is 0 Å². The largest absolute Gasteiger partial charge is 0.198 e. The summed E-state index contributed by atoms with van der Waals surface area (Å²) in [6.45, 7) is 4.52. The second kappa shape index (κ2) is 8.95. The van der Waals surface area contributed by atoms with Crippen LogP contribution in [-0.4, -0.2) is 0 Å². The van der Waals surface area contributed by atoms with Crippen molar-refractivity contribution < 1.29 is 0 Å². The van der Waals surface area contributed by atoms with Gasteiger partial charge in [0.1, 0.15) is 0 Å². The number of hydrogen-bond acceptors (Lipinski definition) is 1. The second-order valence-corrected chi connectivity index (χ2v) is 8.23. The normalized spacial score (nSPS) is 36.0. The number of unbranched alkanes of at least 4 members (excludes halogenated alkanes) is 3. The molecule has 2 aliphatic carbocycles. The van der Waals surface area contributed by atoms with Gasteiger partial charge in [-0.2, -0.15) is 5.26 Å². The van der Waals surface area contributed by atoms with Crippen LogP contribution in [0, 0.1) is 34.5 Å². The van der Waals surface area contributed by atoms with Crippen molar-refractivity contribution in [1.82, 2.24) is 0 Å². The fourth-order valence-electron chi connectivity index (χ4n) is 5.12. The van der Waals surface area contributed by atoms with Crippen LogP contribution in [0.5, 0.6) is 0 Å². The van der Waals surface area contributed by atoms with Crippen LogP contribution in [0.4, 0.5) is 0 Å². The standard InChI is InChI=1S/C21H37N/c1-3-5-6-7-9-18-11-13-19(14-12-18)20-10-8-15-21(4-2,16-20)17-22/h18-20H,3-16H2,1-2H3/t18-,19-,20?,21?. The minimum absolute atomic E-state index is 0.0277. The van der Waals surface area contributed by atoms with Gasteiger partial charge in [-0.3, -0.25) is 0 Å². The van der Waals surface area contributed by atoms with E-state index >= 15 is 0 Å². The number of nitriles is 1. The van der Waals surface area contributed by atoms with Crippen LogP contribution in [0.1, 0.15) is 104 Å². The van der Waals surface area contributed by atoms with Gasteiger partial charge in [0.15, 0.2) is 0 Å². The topological polar surface area (TPSA) is 23.8 Å². The van der Waals surface area contributed by atoms with Crippen molar-refractivity contribution in [2.75, 3.05) is 0 Å². The summed E-state index contributed by atoms with van der Waals surface area (Å²) < 4.78 is 0. The molecule has 1 nitrogen and oxygen atoms in total. The highest BCUT2D eigenvalue weighted by atomic mass is 14.4. The highest BCUT2D eigenvalue weighted by molar-refractivity contribution is 5.02. The van der Waals surface area contributed by atoms with Crippen molar-refractivity contribution in [3.63, 3.8) is 0 Å². The molecule has 0 N–H and O–H groups in total. The van der Waals surface area contributed by atoms with E-state index in [1.807, 2.05) is 0 Å². The lowest BCUT2D eigenvalue weighted by molar-refractivity contribution is 0.106. The van der Waals surface area contributed by atoms with Crippen LogP contribution in [0.3, 0.4) is 0 Å². The van der Waals surface area contributed by atoms with E-state index in [4.69, 9.17) is 0 Å². The highest BCUT2D eigenvalue weighted by Gasteiger charge is 2.38. The molecule has 0 spiro atoms. The van der Waals surface area contributed by atoms with E-state index < -0.39 is 0 Å². The fraction of sp³-hybridized carbons (Fsp3) is 0.952. The summed E-state index contributed by atoms with van der Waals surface area (Å²) in [4.78, 5) is 0. The first-order valence-corrected chi connectivity index (χ1v) is 10.1. The molecule has 126 valence electrons. The van der Waals surface area contributed by atoms with Crippen molar-refractivity contribution in [1.29, 1.82) is 5.26 Å². The van der Waals surface area contributed by atoms with E-state index in [1.54, 1.807) is 0 Å². The van der Waals surface area contributed by atoms with Gasteiger partial charge in [-0.25, -0.2) is 0 Å². The predicted molar refractivity (Wildman–Crippen MR) is 94.5 cm³/mol. The molecule has 0 bridgehead atoms. The first kappa shape index (κ1) is 17.8. The lowest BCUT2D eigenvalue weighted by atomic mass is 9.62. The number of nitrogens with zero attached hydrogens (tertiary/aromatic N) is 1. The number of hydrogen-bond donors (Lipinski definition) is 0.